The summed E-state index contributed by atoms with van der Waals surface area (Å²) in [6.45, 7) is 4.24. The highest BCUT2D eigenvalue weighted by atomic mass is 19.3. The van der Waals surface area contributed by atoms with Crippen LogP contribution in [0.25, 0.3) is 0 Å². The number of hydrogen-bond donors (Lipinski definition) is 0. The molecule has 0 radical (unpaired) electrons. The molecule has 2 saturated heterocycles. The van der Waals surface area contributed by atoms with Crippen molar-refractivity contribution in [3.8, 4) is 23.3 Å². The van der Waals surface area contributed by atoms with Crippen molar-refractivity contribution in [2.24, 2.45) is 5.41 Å². The van der Waals surface area contributed by atoms with E-state index in [-0.39, 0.29) is 29.4 Å². The van der Waals surface area contributed by atoms with Crippen LogP contribution in [-0.4, -0.2) is 72.9 Å². The number of esters is 1. The molecule has 0 aliphatic carbocycles. The molecule has 2 unspecified atom stereocenters. The molecule has 2 amide bonds. The average molecular weight is 494 g/mol. The Labute approximate surface area is 202 Å². The van der Waals surface area contributed by atoms with Crippen molar-refractivity contribution in [2.75, 3.05) is 27.3 Å². The zero-order valence-corrected chi connectivity index (χ0v) is 20.4. The Kier molecular flexibility index (Phi) is 7.24. The van der Waals surface area contributed by atoms with Gasteiger partial charge in [0, 0.05) is 18.5 Å². The maximum absolute atomic E-state index is 14.4. The van der Waals surface area contributed by atoms with Crippen molar-refractivity contribution in [2.45, 2.75) is 58.0 Å². The first-order valence-corrected chi connectivity index (χ1v) is 11.2. The molecule has 2 fully saturated rings. The molecule has 3 rings (SSSR count). The van der Waals surface area contributed by atoms with Gasteiger partial charge in [0.25, 0.3) is 11.8 Å². The number of alkyl halides is 2. The Morgan fingerprint density at radius 2 is 1.77 bits per heavy atom. The van der Waals surface area contributed by atoms with E-state index >= 15 is 0 Å². The van der Waals surface area contributed by atoms with Crippen molar-refractivity contribution in [1.29, 1.82) is 5.26 Å². The van der Waals surface area contributed by atoms with Gasteiger partial charge in [0.1, 0.15) is 12.1 Å². The maximum Gasteiger partial charge on any atom is 0.316 e. The van der Waals surface area contributed by atoms with Gasteiger partial charge < -0.3 is 24.0 Å². The fourth-order valence-corrected chi connectivity index (χ4v) is 4.15. The van der Waals surface area contributed by atoms with Gasteiger partial charge in [0.05, 0.1) is 32.2 Å². The van der Waals surface area contributed by atoms with Gasteiger partial charge >= 0.3 is 5.97 Å². The second kappa shape index (κ2) is 9.68. The first-order chi connectivity index (χ1) is 16.3. The summed E-state index contributed by atoms with van der Waals surface area (Å²) in [5.41, 5.74) is -0.993. The van der Waals surface area contributed by atoms with Crippen LogP contribution in [0, 0.1) is 16.7 Å². The van der Waals surface area contributed by atoms with Gasteiger partial charge in [0.2, 0.25) is 11.7 Å². The predicted molar refractivity (Wildman–Crippen MR) is 119 cm³/mol. The number of methoxy groups -OCH3 is 2. The van der Waals surface area contributed by atoms with E-state index in [9.17, 15) is 28.4 Å². The first kappa shape index (κ1) is 26.2. The summed E-state index contributed by atoms with van der Waals surface area (Å²) in [6, 6.07) is 2.36. The second-order valence-electron chi connectivity index (χ2n) is 9.68. The summed E-state index contributed by atoms with van der Waals surface area (Å²) in [6.07, 6.45) is 0.196. The number of likely N-dealkylation sites (tertiary alicyclic amines) is 2. The van der Waals surface area contributed by atoms with E-state index in [0.717, 1.165) is 4.90 Å². The molecular weight excluding hydrogens is 464 g/mol. The Hall–Kier alpha value is -3.42. The number of nitriles is 1. The maximum atomic E-state index is 14.4. The number of carbonyl (C=O) groups excluding carboxylic acids is 3. The van der Waals surface area contributed by atoms with Crippen LogP contribution in [0.2, 0.25) is 0 Å². The van der Waals surface area contributed by atoms with E-state index < -0.39 is 54.2 Å². The molecule has 2 aliphatic rings. The molecule has 2 heterocycles. The van der Waals surface area contributed by atoms with Crippen LogP contribution in [0.1, 0.15) is 50.4 Å². The van der Waals surface area contributed by atoms with E-state index in [0.29, 0.717) is 12.8 Å². The smallest absolute Gasteiger partial charge is 0.316 e. The quantitative estimate of drug-likeness (QED) is 0.458. The Morgan fingerprint density at radius 1 is 1.11 bits per heavy atom. The average Bonchev–Trinajstić information content (AvgIpc) is 3.40. The first-order valence-electron chi connectivity index (χ1n) is 11.2. The van der Waals surface area contributed by atoms with E-state index in [1.165, 1.54) is 31.3 Å². The lowest BCUT2D eigenvalue weighted by molar-refractivity contribution is -0.143. The van der Waals surface area contributed by atoms with Crippen molar-refractivity contribution in [1.82, 2.24) is 9.80 Å². The van der Waals surface area contributed by atoms with Gasteiger partial charge in [-0.25, -0.2) is 8.78 Å². The minimum Gasteiger partial charge on any atom is -0.493 e. The molecule has 35 heavy (non-hydrogen) atoms. The normalized spacial score (nSPS) is 21.4. The molecule has 190 valence electrons. The highest BCUT2D eigenvalue weighted by Crippen LogP contribution is 2.41. The molecule has 2 atom stereocenters. The summed E-state index contributed by atoms with van der Waals surface area (Å²) in [5.74, 6) is -5.45. The van der Waals surface area contributed by atoms with E-state index in [1.807, 2.05) is 6.07 Å². The molecule has 0 N–H and O–H groups in total. The summed E-state index contributed by atoms with van der Waals surface area (Å²) in [5, 5.41) is 9.31. The standard InChI is InChI=1S/C24H29F2N3O6/c1-23(2,3)22(32)35-18-10-14(9-17(33-4)19(18)34-5)20(30)29-13-24(25,26)11-16(29)21(31)28-8-6-7-15(28)12-27/h9-10,15-16H,6-8,11,13H2,1-5H3. The molecule has 0 bridgehead atoms. The molecular formula is C24H29F2N3O6. The fourth-order valence-electron chi connectivity index (χ4n) is 4.15. The molecule has 0 saturated carbocycles. The second-order valence-corrected chi connectivity index (χ2v) is 9.68. The van der Waals surface area contributed by atoms with Crippen LogP contribution in [0.4, 0.5) is 8.78 Å². The largest absolute Gasteiger partial charge is 0.493 e. The van der Waals surface area contributed by atoms with Crippen molar-refractivity contribution < 1.29 is 37.4 Å². The summed E-state index contributed by atoms with van der Waals surface area (Å²) >= 11 is 0. The van der Waals surface area contributed by atoms with E-state index in [1.54, 1.807) is 20.8 Å². The van der Waals surface area contributed by atoms with Crippen LogP contribution in [0.15, 0.2) is 12.1 Å². The van der Waals surface area contributed by atoms with Gasteiger partial charge in [0.15, 0.2) is 11.5 Å². The van der Waals surface area contributed by atoms with Crippen LogP contribution >= 0.6 is 0 Å². The van der Waals surface area contributed by atoms with Crippen LogP contribution in [0.5, 0.6) is 17.2 Å². The lowest BCUT2D eigenvalue weighted by Crippen LogP contribution is -2.49. The van der Waals surface area contributed by atoms with Gasteiger partial charge in [-0.05, 0) is 45.7 Å². The van der Waals surface area contributed by atoms with E-state index in [2.05, 4.69) is 0 Å². The van der Waals surface area contributed by atoms with Crippen molar-refractivity contribution in [3.05, 3.63) is 17.7 Å². The molecule has 9 nitrogen and oxygen atoms in total. The number of hydrogen-bond acceptors (Lipinski definition) is 7. The highest BCUT2D eigenvalue weighted by molar-refractivity contribution is 5.99. The molecule has 0 spiro atoms. The van der Waals surface area contributed by atoms with Crippen LogP contribution in [-0.2, 0) is 9.59 Å². The fraction of sp³-hybridized carbons (Fsp3) is 0.583. The Morgan fingerprint density at radius 3 is 2.34 bits per heavy atom. The minimum absolute atomic E-state index is 0.0491. The topological polar surface area (TPSA) is 109 Å². The molecule has 1 aromatic carbocycles. The molecule has 1 aromatic rings. The third-order valence-electron chi connectivity index (χ3n) is 6.01. The number of halogens is 2. The Bertz CT molecular complexity index is 1060. The SMILES string of the molecule is COc1cc(C(=O)N2CC(F)(F)CC2C(=O)N2CCCC2C#N)cc(OC(=O)C(C)(C)C)c1OC. The summed E-state index contributed by atoms with van der Waals surface area (Å²) < 4.78 is 44.9. The Balaban J connectivity index is 1.99. The minimum atomic E-state index is -3.28. The highest BCUT2D eigenvalue weighted by Gasteiger charge is 2.52. The van der Waals surface area contributed by atoms with Crippen molar-refractivity contribution in [3.63, 3.8) is 0 Å². The zero-order valence-electron chi connectivity index (χ0n) is 20.4. The lowest BCUT2D eigenvalue weighted by atomic mass is 9.97. The van der Waals surface area contributed by atoms with Crippen LogP contribution < -0.4 is 14.2 Å². The zero-order chi connectivity index (χ0) is 26.1. The van der Waals surface area contributed by atoms with Crippen molar-refractivity contribution >= 4 is 17.8 Å². The lowest BCUT2D eigenvalue weighted by Gasteiger charge is -2.29. The number of carbonyl (C=O) groups is 3. The van der Waals surface area contributed by atoms with Crippen LogP contribution in [0.3, 0.4) is 0 Å². The third kappa shape index (κ3) is 5.31. The number of nitrogens with zero attached hydrogens (tertiary/aromatic N) is 3. The van der Waals surface area contributed by atoms with Gasteiger partial charge in [-0.2, -0.15) is 5.26 Å². The molecule has 11 heteroatoms. The molecule has 0 aromatic heterocycles. The summed E-state index contributed by atoms with van der Waals surface area (Å²) in [4.78, 5) is 41.1. The van der Waals surface area contributed by atoms with E-state index in [4.69, 9.17) is 14.2 Å². The predicted octanol–water partition coefficient (Wildman–Crippen LogP) is 3.02. The number of ether oxygens (including phenoxy) is 3. The monoisotopic (exact) mass is 493 g/mol. The van der Waals surface area contributed by atoms with Gasteiger partial charge in [-0.15, -0.1) is 0 Å². The number of amides is 2. The number of benzene rings is 1. The van der Waals surface area contributed by atoms with Gasteiger partial charge in [-0.3, -0.25) is 14.4 Å². The molecule has 2 aliphatic heterocycles. The van der Waals surface area contributed by atoms with Gasteiger partial charge in [-0.1, -0.05) is 0 Å². The third-order valence-corrected chi connectivity index (χ3v) is 6.01. The number of rotatable bonds is 5. The summed E-state index contributed by atoms with van der Waals surface area (Å²) in [7, 11) is 2.64.